The number of nitrogens with zero attached hydrogens (tertiary/aromatic N) is 1. The van der Waals surface area contributed by atoms with E-state index in [0.717, 1.165) is 24.1 Å². The van der Waals surface area contributed by atoms with Crippen LogP contribution < -0.4 is 21.1 Å². The van der Waals surface area contributed by atoms with E-state index in [9.17, 15) is 13.2 Å². The van der Waals surface area contributed by atoms with Gasteiger partial charge in [0, 0.05) is 11.1 Å². The molecule has 1 atom stereocenters. The van der Waals surface area contributed by atoms with Crippen molar-refractivity contribution in [3.8, 4) is 0 Å². The third kappa shape index (κ3) is 5.24. The van der Waals surface area contributed by atoms with Crippen LogP contribution in [0.15, 0.2) is 58.6 Å². The highest BCUT2D eigenvalue weighted by Gasteiger charge is 2.20. The topological polar surface area (TPSA) is 126 Å². The second-order valence-corrected chi connectivity index (χ2v) is 8.69. The van der Waals surface area contributed by atoms with E-state index in [4.69, 9.17) is 5.14 Å². The van der Waals surface area contributed by atoms with Gasteiger partial charge in [-0.15, -0.1) is 11.8 Å². The maximum absolute atomic E-state index is 12.2. The van der Waals surface area contributed by atoms with Crippen LogP contribution in [0.1, 0.15) is 30.0 Å². The Kier molecular flexibility index (Phi) is 6.22. The van der Waals surface area contributed by atoms with Crippen LogP contribution in [0.4, 0.5) is 10.6 Å². The number of carbonyl (C=O) groups excluding carboxylic acids is 1. The van der Waals surface area contributed by atoms with Gasteiger partial charge in [0.15, 0.2) is 0 Å². The van der Waals surface area contributed by atoms with Crippen molar-refractivity contribution >= 4 is 33.6 Å². The van der Waals surface area contributed by atoms with Gasteiger partial charge >= 0.3 is 6.03 Å². The first-order valence-electron chi connectivity index (χ1n) is 8.64. The van der Waals surface area contributed by atoms with E-state index in [-0.39, 0.29) is 10.3 Å². The Morgan fingerprint density at radius 1 is 1.21 bits per heavy atom. The molecule has 1 aromatic carbocycles. The zero-order chi connectivity index (χ0) is 20.1. The number of nitrogens with one attached hydrogen (secondary N) is 3. The Hall–Kier alpha value is -2.56. The summed E-state index contributed by atoms with van der Waals surface area (Å²) in [6.07, 6.45) is 1.84. The molecule has 28 heavy (non-hydrogen) atoms. The monoisotopic (exact) mass is 419 g/mol. The molecule has 10 heteroatoms. The molecule has 0 radical (unpaired) electrons. The van der Waals surface area contributed by atoms with E-state index in [2.05, 4.69) is 27.9 Å². The lowest BCUT2D eigenvalue weighted by Crippen LogP contribution is -2.33. The Labute approximate surface area is 168 Å². The van der Waals surface area contributed by atoms with Crippen molar-refractivity contribution in [2.75, 3.05) is 5.32 Å². The van der Waals surface area contributed by atoms with Gasteiger partial charge in [0.05, 0.1) is 4.90 Å². The minimum absolute atomic E-state index is 0.0581. The number of nitrogens with two attached hydrogens (primary N) is 1. The highest BCUT2D eigenvalue weighted by Crippen LogP contribution is 2.33. The van der Waals surface area contributed by atoms with Crippen LogP contribution in [0.5, 0.6) is 0 Å². The number of anilines is 1. The van der Waals surface area contributed by atoms with Crippen molar-refractivity contribution in [3.63, 3.8) is 0 Å². The zero-order valence-corrected chi connectivity index (χ0v) is 16.8. The van der Waals surface area contributed by atoms with Crippen molar-refractivity contribution in [2.45, 2.75) is 30.0 Å². The van der Waals surface area contributed by atoms with Crippen LogP contribution >= 0.6 is 11.8 Å². The molecule has 0 saturated carbocycles. The number of sulfonamides is 1. The quantitative estimate of drug-likeness (QED) is 0.570. The molecule has 0 fully saturated rings. The maximum atomic E-state index is 12.2. The largest absolute Gasteiger partial charge is 0.355 e. The molecule has 3 rings (SSSR count). The predicted molar refractivity (Wildman–Crippen MR) is 110 cm³/mol. The van der Waals surface area contributed by atoms with Gasteiger partial charge in [-0.3, -0.25) is 10.6 Å². The SMILES string of the molecule is CCCc1cccc(NC(=O)NC2=CSC(c3ccc(S(N)(=O)=O)cc3)N2)n1. The molecule has 0 aliphatic carbocycles. The molecule has 5 N–H and O–H groups in total. The minimum Gasteiger partial charge on any atom is -0.355 e. The number of thioether (sulfide) groups is 1. The summed E-state index contributed by atoms with van der Waals surface area (Å²) in [4.78, 5) is 16.7. The lowest BCUT2D eigenvalue weighted by atomic mass is 10.2. The number of carbonyl (C=O) groups is 1. The molecule has 2 amide bonds. The molecular weight excluding hydrogens is 398 g/mol. The number of benzene rings is 1. The number of hydrogen-bond acceptors (Lipinski definition) is 6. The second-order valence-electron chi connectivity index (χ2n) is 6.15. The Bertz CT molecular complexity index is 991. The molecule has 1 aliphatic rings. The third-order valence-corrected chi connectivity index (χ3v) is 5.89. The van der Waals surface area contributed by atoms with Gasteiger partial charge in [0.25, 0.3) is 0 Å². The van der Waals surface area contributed by atoms with Crippen molar-refractivity contribution < 1.29 is 13.2 Å². The third-order valence-electron chi connectivity index (χ3n) is 3.92. The van der Waals surface area contributed by atoms with E-state index >= 15 is 0 Å². The highest BCUT2D eigenvalue weighted by molar-refractivity contribution is 8.02. The fourth-order valence-electron chi connectivity index (χ4n) is 2.62. The molecule has 148 valence electrons. The van der Waals surface area contributed by atoms with E-state index in [1.807, 2.05) is 12.1 Å². The predicted octanol–water partition coefficient (Wildman–Crippen LogP) is 2.64. The van der Waals surface area contributed by atoms with Gasteiger partial charge in [-0.25, -0.2) is 23.3 Å². The number of urea groups is 1. The summed E-state index contributed by atoms with van der Waals surface area (Å²) in [6, 6.07) is 11.4. The standard InChI is InChI=1S/C18H21N5O3S2/c1-2-4-13-5-3-6-15(20-13)22-18(24)23-16-11-27-17(21-16)12-7-9-14(10-8-12)28(19,25)26/h3,5-11,17,21H,2,4H2,1H3,(H2,19,25,26)(H2,20,22,23,24). The molecule has 1 aliphatic heterocycles. The second kappa shape index (κ2) is 8.63. The average molecular weight is 420 g/mol. The summed E-state index contributed by atoms with van der Waals surface area (Å²) in [7, 11) is -3.72. The lowest BCUT2D eigenvalue weighted by molar-refractivity contribution is 0.253. The zero-order valence-electron chi connectivity index (χ0n) is 15.2. The molecule has 2 aromatic rings. The lowest BCUT2D eigenvalue weighted by Gasteiger charge is -2.14. The highest BCUT2D eigenvalue weighted by atomic mass is 32.2. The first-order chi connectivity index (χ1) is 13.3. The molecule has 0 spiro atoms. The van der Waals surface area contributed by atoms with Crippen molar-refractivity contribution in [2.24, 2.45) is 5.14 Å². The van der Waals surface area contributed by atoms with Gasteiger partial charge < -0.3 is 5.32 Å². The van der Waals surface area contributed by atoms with Gasteiger partial charge in [0.2, 0.25) is 10.0 Å². The summed E-state index contributed by atoms with van der Waals surface area (Å²) >= 11 is 1.46. The van der Waals surface area contributed by atoms with E-state index in [0.29, 0.717) is 11.6 Å². The first-order valence-corrected chi connectivity index (χ1v) is 11.1. The van der Waals surface area contributed by atoms with Crippen molar-refractivity contribution in [3.05, 3.63) is 65.0 Å². The van der Waals surface area contributed by atoms with E-state index < -0.39 is 16.1 Å². The van der Waals surface area contributed by atoms with Crippen LogP contribution in [-0.2, 0) is 16.4 Å². The Morgan fingerprint density at radius 2 is 1.96 bits per heavy atom. The molecule has 0 bridgehead atoms. The molecule has 0 saturated heterocycles. The Balaban J connectivity index is 1.55. The van der Waals surface area contributed by atoms with Crippen molar-refractivity contribution in [1.82, 2.24) is 15.6 Å². The number of hydrogen-bond donors (Lipinski definition) is 4. The molecule has 8 nitrogen and oxygen atoms in total. The summed E-state index contributed by atoms with van der Waals surface area (Å²) in [5.74, 6) is 1.04. The number of pyridine rings is 1. The summed E-state index contributed by atoms with van der Waals surface area (Å²) < 4.78 is 22.7. The van der Waals surface area contributed by atoms with Crippen LogP contribution in [0.25, 0.3) is 0 Å². The fraction of sp³-hybridized carbons (Fsp3) is 0.222. The van der Waals surface area contributed by atoms with Crippen LogP contribution in [-0.4, -0.2) is 19.4 Å². The minimum atomic E-state index is -3.72. The van der Waals surface area contributed by atoms with Gasteiger partial charge in [-0.05, 0) is 36.2 Å². The summed E-state index contributed by atoms with van der Waals surface area (Å²) in [6.45, 7) is 2.07. The fourth-order valence-corrected chi connectivity index (χ4v) is 4.04. The number of rotatable bonds is 6. The number of primary sulfonamides is 1. The van der Waals surface area contributed by atoms with Crippen LogP contribution in [0.2, 0.25) is 0 Å². The first kappa shape index (κ1) is 20.2. The van der Waals surface area contributed by atoms with Crippen LogP contribution in [0, 0.1) is 0 Å². The Morgan fingerprint density at radius 3 is 2.64 bits per heavy atom. The van der Waals surface area contributed by atoms with Crippen LogP contribution in [0.3, 0.4) is 0 Å². The molecular formula is C18H21N5O3S2. The normalized spacial score (nSPS) is 16.2. The molecule has 1 aromatic heterocycles. The van der Waals surface area contributed by atoms with E-state index in [1.54, 1.807) is 23.6 Å². The number of aromatic nitrogens is 1. The average Bonchev–Trinajstić information content (AvgIpc) is 3.10. The van der Waals surface area contributed by atoms with Gasteiger partial charge in [-0.2, -0.15) is 0 Å². The van der Waals surface area contributed by atoms with E-state index in [1.165, 1.54) is 23.9 Å². The maximum Gasteiger partial charge on any atom is 0.325 e. The summed E-state index contributed by atoms with van der Waals surface area (Å²) in [5.41, 5.74) is 1.79. The smallest absolute Gasteiger partial charge is 0.325 e. The summed E-state index contributed by atoms with van der Waals surface area (Å²) in [5, 5.41) is 15.4. The number of amides is 2. The molecule has 1 unspecified atom stereocenters. The van der Waals surface area contributed by atoms with Crippen molar-refractivity contribution in [1.29, 1.82) is 0 Å². The molecule has 2 heterocycles. The van der Waals surface area contributed by atoms with Gasteiger partial charge in [0.1, 0.15) is 17.0 Å². The van der Waals surface area contributed by atoms with Gasteiger partial charge in [-0.1, -0.05) is 31.5 Å². The number of aryl methyl sites for hydroxylation is 1.